The maximum absolute atomic E-state index is 10.8. The number of hydrogen-bond acceptors (Lipinski definition) is 4. The van der Waals surface area contributed by atoms with Gasteiger partial charge in [-0.25, -0.2) is 9.78 Å². The molecule has 0 bridgehead atoms. The van der Waals surface area contributed by atoms with Crippen molar-refractivity contribution in [2.24, 2.45) is 0 Å². The third-order valence-corrected chi connectivity index (χ3v) is 3.75. The van der Waals surface area contributed by atoms with Gasteiger partial charge in [-0.2, -0.15) is 0 Å². The second-order valence-corrected chi connectivity index (χ2v) is 4.86. The van der Waals surface area contributed by atoms with E-state index in [1.807, 2.05) is 0 Å². The van der Waals surface area contributed by atoms with Crippen molar-refractivity contribution >= 4 is 22.4 Å². The van der Waals surface area contributed by atoms with Crippen LogP contribution in [0.3, 0.4) is 0 Å². The lowest BCUT2D eigenvalue weighted by atomic mass is 10.3. The van der Waals surface area contributed by atoms with Crippen molar-refractivity contribution in [2.75, 3.05) is 5.32 Å². The third-order valence-electron chi connectivity index (χ3n) is 2.67. The molecule has 0 radical (unpaired) electrons. The first-order valence-corrected chi connectivity index (χ1v) is 5.95. The highest BCUT2D eigenvalue weighted by Gasteiger charge is 2.18. The molecule has 15 heavy (non-hydrogen) atoms. The number of thiazole rings is 1. The minimum Gasteiger partial charge on any atom is -0.477 e. The molecule has 82 valence electrons. The molecule has 0 amide bonds. The summed E-state index contributed by atoms with van der Waals surface area (Å²) < 4.78 is 0. The minimum absolute atomic E-state index is 0.343. The normalized spacial score (nSPS) is 16.9. The van der Waals surface area contributed by atoms with Crippen LogP contribution in [0.4, 0.5) is 5.13 Å². The zero-order valence-electron chi connectivity index (χ0n) is 8.62. The zero-order valence-corrected chi connectivity index (χ0v) is 9.43. The van der Waals surface area contributed by atoms with E-state index in [1.54, 1.807) is 6.92 Å². The van der Waals surface area contributed by atoms with Crippen molar-refractivity contribution in [3.63, 3.8) is 0 Å². The predicted octanol–water partition coefficient (Wildman–Crippen LogP) is 2.50. The largest absolute Gasteiger partial charge is 0.477 e. The SMILES string of the molecule is Cc1nc(NC2CCCC2)sc1C(=O)O. The Morgan fingerprint density at radius 3 is 2.73 bits per heavy atom. The van der Waals surface area contributed by atoms with Crippen molar-refractivity contribution in [3.05, 3.63) is 10.6 Å². The molecule has 1 aliphatic rings. The molecule has 2 N–H and O–H groups in total. The fourth-order valence-electron chi connectivity index (χ4n) is 1.90. The minimum atomic E-state index is -0.885. The Morgan fingerprint density at radius 1 is 1.53 bits per heavy atom. The fraction of sp³-hybridized carbons (Fsp3) is 0.600. The van der Waals surface area contributed by atoms with E-state index in [0.29, 0.717) is 16.6 Å². The van der Waals surface area contributed by atoms with Crippen LogP contribution in [0, 0.1) is 6.92 Å². The topological polar surface area (TPSA) is 62.2 Å². The second-order valence-electron chi connectivity index (χ2n) is 3.86. The molecular weight excluding hydrogens is 212 g/mol. The number of nitrogens with zero attached hydrogens (tertiary/aromatic N) is 1. The van der Waals surface area contributed by atoms with Gasteiger partial charge in [-0.3, -0.25) is 0 Å². The Kier molecular flexibility index (Phi) is 2.90. The zero-order chi connectivity index (χ0) is 10.8. The molecule has 0 atom stereocenters. The Morgan fingerprint density at radius 2 is 2.20 bits per heavy atom. The maximum atomic E-state index is 10.8. The van der Waals surface area contributed by atoms with Crippen LogP contribution in [0.1, 0.15) is 41.0 Å². The number of aromatic carboxylic acids is 1. The van der Waals surface area contributed by atoms with E-state index in [2.05, 4.69) is 10.3 Å². The van der Waals surface area contributed by atoms with Crippen LogP contribution in [0.5, 0.6) is 0 Å². The van der Waals surface area contributed by atoms with E-state index >= 15 is 0 Å². The first-order chi connectivity index (χ1) is 7.16. The van der Waals surface area contributed by atoms with E-state index in [9.17, 15) is 4.79 Å². The summed E-state index contributed by atoms with van der Waals surface area (Å²) in [4.78, 5) is 15.4. The van der Waals surface area contributed by atoms with E-state index in [1.165, 1.54) is 37.0 Å². The molecule has 0 spiro atoms. The molecule has 1 aromatic heterocycles. The predicted molar refractivity (Wildman–Crippen MR) is 59.7 cm³/mol. The number of carboxylic acids is 1. The molecule has 1 aromatic rings. The van der Waals surface area contributed by atoms with Gasteiger partial charge in [-0.05, 0) is 19.8 Å². The van der Waals surface area contributed by atoms with Gasteiger partial charge >= 0.3 is 5.97 Å². The van der Waals surface area contributed by atoms with Crippen LogP contribution in [-0.2, 0) is 0 Å². The summed E-state index contributed by atoms with van der Waals surface area (Å²) in [7, 11) is 0. The summed E-state index contributed by atoms with van der Waals surface area (Å²) in [6.45, 7) is 1.74. The highest BCUT2D eigenvalue weighted by Crippen LogP contribution is 2.27. The quantitative estimate of drug-likeness (QED) is 0.831. The van der Waals surface area contributed by atoms with Crippen molar-refractivity contribution in [2.45, 2.75) is 38.6 Å². The first-order valence-electron chi connectivity index (χ1n) is 5.14. The lowest BCUT2D eigenvalue weighted by Gasteiger charge is -2.09. The van der Waals surface area contributed by atoms with E-state index in [-0.39, 0.29) is 0 Å². The molecular formula is C10H14N2O2S. The van der Waals surface area contributed by atoms with Crippen LogP contribution >= 0.6 is 11.3 Å². The molecule has 0 saturated heterocycles. The summed E-state index contributed by atoms with van der Waals surface area (Å²) in [5, 5.41) is 12.9. The Bertz CT molecular complexity index is 369. The monoisotopic (exact) mass is 226 g/mol. The van der Waals surface area contributed by atoms with Crippen molar-refractivity contribution < 1.29 is 9.90 Å². The highest BCUT2D eigenvalue weighted by molar-refractivity contribution is 7.17. The lowest BCUT2D eigenvalue weighted by molar-refractivity contribution is 0.0701. The summed E-state index contributed by atoms with van der Waals surface area (Å²) >= 11 is 1.23. The van der Waals surface area contributed by atoms with Gasteiger partial charge in [-0.15, -0.1) is 0 Å². The number of carbonyl (C=O) groups is 1. The fourth-order valence-corrected chi connectivity index (χ4v) is 2.78. The van der Waals surface area contributed by atoms with Gasteiger partial charge < -0.3 is 10.4 Å². The molecule has 0 aliphatic heterocycles. The van der Waals surface area contributed by atoms with Crippen LogP contribution in [0.25, 0.3) is 0 Å². The van der Waals surface area contributed by atoms with E-state index < -0.39 is 5.97 Å². The van der Waals surface area contributed by atoms with Gasteiger partial charge in [-0.1, -0.05) is 24.2 Å². The molecule has 4 nitrogen and oxygen atoms in total. The summed E-state index contributed by atoms with van der Waals surface area (Å²) in [6, 6.07) is 0.484. The van der Waals surface area contributed by atoms with Gasteiger partial charge in [0.15, 0.2) is 5.13 Å². The number of aryl methyl sites for hydroxylation is 1. The van der Waals surface area contributed by atoms with Gasteiger partial charge in [0.1, 0.15) is 4.88 Å². The van der Waals surface area contributed by atoms with Crippen molar-refractivity contribution in [1.82, 2.24) is 4.98 Å². The van der Waals surface area contributed by atoms with Gasteiger partial charge in [0.2, 0.25) is 0 Å². The van der Waals surface area contributed by atoms with Crippen molar-refractivity contribution in [3.8, 4) is 0 Å². The van der Waals surface area contributed by atoms with Crippen LogP contribution in [-0.4, -0.2) is 22.1 Å². The summed E-state index contributed by atoms with van der Waals surface area (Å²) in [6.07, 6.45) is 4.85. The van der Waals surface area contributed by atoms with Gasteiger partial charge in [0.25, 0.3) is 0 Å². The molecule has 1 fully saturated rings. The number of hydrogen-bond donors (Lipinski definition) is 2. The molecule has 1 aliphatic carbocycles. The molecule has 1 saturated carbocycles. The van der Waals surface area contributed by atoms with Crippen LogP contribution in [0.15, 0.2) is 0 Å². The third kappa shape index (κ3) is 2.28. The van der Waals surface area contributed by atoms with Gasteiger partial charge in [0, 0.05) is 6.04 Å². The molecule has 0 aromatic carbocycles. The molecule has 2 rings (SSSR count). The smallest absolute Gasteiger partial charge is 0.347 e. The average molecular weight is 226 g/mol. The molecule has 1 heterocycles. The van der Waals surface area contributed by atoms with Crippen LogP contribution in [0.2, 0.25) is 0 Å². The maximum Gasteiger partial charge on any atom is 0.347 e. The number of anilines is 1. The van der Waals surface area contributed by atoms with Crippen molar-refractivity contribution in [1.29, 1.82) is 0 Å². The molecule has 0 unspecified atom stereocenters. The average Bonchev–Trinajstić information content (AvgIpc) is 2.75. The molecule has 5 heteroatoms. The van der Waals surface area contributed by atoms with E-state index in [4.69, 9.17) is 5.11 Å². The number of rotatable bonds is 3. The second kappa shape index (κ2) is 4.18. The Hall–Kier alpha value is -1.10. The first kappa shape index (κ1) is 10.4. The summed E-state index contributed by atoms with van der Waals surface area (Å²) in [5.41, 5.74) is 0.605. The number of aromatic nitrogens is 1. The lowest BCUT2D eigenvalue weighted by Crippen LogP contribution is -2.13. The van der Waals surface area contributed by atoms with Gasteiger partial charge in [0.05, 0.1) is 5.69 Å². The van der Waals surface area contributed by atoms with Crippen LogP contribution < -0.4 is 5.32 Å². The Labute approximate surface area is 92.3 Å². The summed E-state index contributed by atoms with van der Waals surface area (Å²) in [5.74, 6) is -0.885. The number of carboxylic acid groups (broad SMARTS) is 1. The standard InChI is InChI=1S/C10H14N2O2S/c1-6-8(9(13)14)15-10(11-6)12-7-4-2-3-5-7/h7H,2-5H2,1H3,(H,11,12)(H,13,14). The van der Waals surface area contributed by atoms with E-state index in [0.717, 1.165) is 5.13 Å². The number of nitrogens with one attached hydrogen (secondary N) is 1. The highest BCUT2D eigenvalue weighted by atomic mass is 32.1. The Balaban J connectivity index is 2.08.